The molecule has 0 unspecified atom stereocenters. The Kier molecular flexibility index (Phi) is 19.4. The van der Waals surface area contributed by atoms with Crippen LogP contribution in [0.3, 0.4) is 0 Å². The lowest BCUT2D eigenvalue weighted by atomic mass is 10.0. The summed E-state index contributed by atoms with van der Waals surface area (Å²) in [5, 5.41) is 9.09. The maximum absolute atomic E-state index is 12.0. The average molecular weight is 385 g/mol. The SMILES string of the molecule is CCCCCCCCCCCCCCCCCCN(CCO)C(=O)N(C)C. The first-order valence-electron chi connectivity index (χ1n) is 11.7. The summed E-state index contributed by atoms with van der Waals surface area (Å²) >= 11 is 0. The van der Waals surface area contributed by atoms with Gasteiger partial charge in [-0.2, -0.15) is 0 Å². The van der Waals surface area contributed by atoms with Crippen LogP contribution in [-0.2, 0) is 0 Å². The van der Waals surface area contributed by atoms with Gasteiger partial charge in [-0.05, 0) is 6.42 Å². The Balaban J connectivity index is 3.34. The predicted molar refractivity (Wildman–Crippen MR) is 117 cm³/mol. The highest BCUT2D eigenvalue weighted by Crippen LogP contribution is 2.14. The van der Waals surface area contributed by atoms with Gasteiger partial charge in [-0.1, -0.05) is 103 Å². The number of carbonyl (C=O) groups excluding carboxylic acids is 1. The van der Waals surface area contributed by atoms with Crippen molar-refractivity contribution >= 4 is 6.03 Å². The minimum absolute atomic E-state index is 0.00464. The van der Waals surface area contributed by atoms with Gasteiger partial charge in [0.15, 0.2) is 0 Å². The molecule has 0 heterocycles. The molecule has 0 saturated heterocycles. The van der Waals surface area contributed by atoms with Gasteiger partial charge in [-0.25, -0.2) is 4.79 Å². The van der Waals surface area contributed by atoms with Crippen LogP contribution in [0.2, 0.25) is 0 Å². The minimum Gasteiger partial charge on any atom is -0.395 e. The monoisotopic (exact) mass is 384 g/mol. The molecule has 0 fully saturated rings. The second-order valence-corrected chi connectivity index (χ2v) is 8.19. The molecule has 0 aromatic carbocycles. The van der Waals surface area contributed by atoms with Crippen molar-refractivity contribution in [3.05, 3.63) is 0 Å². The Labute approximate surface area is 169 Å². The Bertz CT molecular complexity index is 322. The molecule has 1 N–H and O–H groups in total. The molecule has 0 saturated carbocycles. The molecule has 0 aromatic rings. The molecule has 0 spiro atoms. The van der Waals surface area contributed by atoms with Crippen LogP contribution in [0.15, 0.2) is 0 Å². The lowest BCUT2D eigenvalue weighted by Crippen LogP contribution is -2.41. The fourth-order valence-corrected chi connectivity index (χ4v) is 3.56. The molecule has 0 radical (unpaired) electrons. The van der Waals surface area contributed by atoms with Crippen LogP contribution in [-0.4, -0.2) is 54.7 Å². The van der Waals surface area contributed by atoms with E-state index in [9.17, 15) is 4.79 Å². The van der Waals surface area contributed by atoms with Crippen LogP contribution >= 0.6 is 0 Å². The number of aliphatic hydroxyl groups excluding tert-OH is 1. The van der Waals surface area contributed by atoms with Crippen molar-refractivity contribution in [3.63, 3.8) is 0 Å². The highest BCUT2D eigenvalue weighted by molar-refractivity contribution is 5.73. The van der Waals surface area contributed by atoms with Gasteiger partial charge in [0, 0.05) is 27.2 Å². The molecule has 0 aliphatic rings. The molecule has 0 aromatic heterocycles. The van der Waals surface area contributed by atoms with E-state index in [0.29, 0.717) is 6.54 Å². The standard InChI is InChI=1S/C23H48N2O2/c1-4-5-6-7-8-9-10-11-12-13-14-15-16-17-18-19-20-25(21-22-26)23(27)24(2)3/h26H,4-22H2,1-3H3. The van der Waals surface area contributed by atoms with Crippen molar-refractivity contribution in [2.75, 3.05) is 33.8 Å². The average Bonchev–Trinajstić information content (AvgIpc) is 2.66. The summed E-state index contributed by atoms with van der Waals surface area (Å²) in [6, 6.07) is 0.00464. The van der Waals surface area contributed by atoms with E-state index in [1.165, 1.54) is 96.3 Å². The number of nitrogens with zero attached hydrogens (tertiary/aromatic N) is 2. The normalized spacial score (nSPS) is 11.0. The van der Waals surface area contributed by atoms with E-state index in [1.807, 2.05) is 0 Å². The van der Waals surface area contributed by atoms with E-state index in [1.54, 1.807) is 23.9 Å². The smallest absolute Gasteiger partial charge is 0.319 e. The fraction of sp³-hybridized carbons (Fsp3) is 0.957. The van der Waals surface area contributed by atoms with Gasteiger partial charge < -0.3 is 14.9 Å². The molecule has 0 aliphatic heterocycles. The number of urea groups is 1. The van der Waals surface area contributed by atoms with E-state index in [0.717, 1.165) is 13.0 Å². The molecule has 4 heteroatoms. The van der Waals surface area contributed by atoms with Crippen LogP contribution in [0.4, 0.5) is 4.79 Å². The molecule has 27 heavy (non-hydrogen) atoms. The Morgan fingerprint density at radius 2 is 1.00 bits per heavy atom. The van der Waals surface area contributed by atoms with Crippen LogP contribution in [0.1, 0.15) is 110 Å². The van der Waals surface area contributed by atoms with E-state index in [2.05, 4.69) is 6.92 Å². The maximum Gasteiger partial charge on any atom is 0.319 e. The first-order chi connectivity index (χ1) is 13.1. The zero-order chi connectivity index (χ0) is 20.2. The van der Waals surface area contributed by atoms with Crippen molar-refractivity contribution < 1.29 is 9.90 Å². The molecular formula is C23H48N2O2. The van der Waals surface area contributed by atoms with Crippen molar-refractivity contribution in [1.82, 2.24) is 9.80 Å². The summed E-state index contributed by atoms with van der Waals surface area (Å²) in [5.74, 6) is 0. The predicted octanol–water partition coefficient (Wildman–Crippen LogP) is 6.22. The summed E-state index contributed by atoms with van der Waals surface area (Å²) in [4.78, 5) is 15.3. The van der Waals surface area contributed by atoms with Crippen LogP contribution in [0.5, 0.6) is 0 Å². The number of unbranched alkanes of at least 4 members (excludes halogenated alkanes) is 15. The van der Waals surface area contributed by atoms with Crippen LogP contribution < -0.4 is 0 Å². The number of amides is 2. The van der Waals surface area contributed by atoms with E-state index < -0.39 is 0 Å². The van der Waals surface area contributed by atoms with Gasteiger partial charge in [0.1, 0.15) is 0 Å². The van der Waals surface area contributed by atoms with Crippen LogP contribution in [0.25, 0.3) is 0 Å². The zero-order valence-corrected chi connectivity index (χ0v) is 18.7. The van der Waals surface area contributed by atoms with Gasteiger partial charge in [-0.15, -0.1) is 0 Å². The summed E-state index contributed by atoms with van der Waals surface area (Å²) in [5.41, 5.74) is 0. The van der Waals surface area contributed by atoms with E-state index in [-0.39, 0.29) is 12.6 Å². The molecule has 4 nitrogen and oxygen atoms in total. The highest BCUT2D eigenvalue weighted by atomic mass is 16.3. The first-order valence-corrected chi connectivity index (χ1v) is 11.7. The third-order valence-corrected chi connectivity index (χ3v) is 5.30. The van der Waals surface area contributed by atoms with Crippen molar-refractivity contribution in [2.45, 2.75) is 110 Å². The summed E-state index contributed by atoms with van der Waals surface area (Å²) in [6.45, 7) is 3.52. The third-order valence-electron chi connectivity index (χ3n) is 5.30. The van der Waals surface area contributed by atoms with Crippen molar-refractivity contribution in [1.29, 1.82) is 0 Å². The number of aliphatic hydroxyl groups is 1. The number of hydrogen-bond donors (Lipinski definition) is 1. The van der Waals surface area contributed by atoms with Crippen molar-refractivity contribution in [3.8, 4) is 0 Å². The maximum atomic E-state index is 12.0. The van der Waals surface area contributed by atoms with Gasteiger partial charge in [-0.3, -0.25) is 0 Å². The highest BCUT2D eigenvalue weighted by Gasteiger charge is 2.13. The van der Waals surface area contributed by atoms with Gasteiger partial charge >= 0.3 is 6.03 Å². The van der Waals surface area contributed by atoms with Gasteiger partial charge in [0.2, 0.25) is 0 Å². The Morgan fingerprint density at radius 1 is 0.630 bits per heavy atom. The fourth-order valence-electron chi connectivity index (χ4n) is 3.56. The van der Waals surface area contributed by atoms with E-state index in [4.69, 9.17) is 5.11 Å². The van der Waals surface area contributed by atoms with Crippen molar-refractivity contribution in [2.24, 2.45) is 0 Å². The second-order valence-electron chi connectivity index (χ2n) is 8.19. The molecular weight excluding hydrogens is 336 g/mol. The Hall–Kier alpha value is -0.770. The van der Waals surface area contributed by atoms with Gasteiger partial charge in [0.25, 0.3) is 0 Å². The Morgan fingerprint density at radius 3 is 1.33 bits per heavy atom. The largest absolute Gasteiger partial charge is 0.395 e. The zero-order valence-electron chi connectivity index (χ0n) is 18.7. The lowest BCUT2D eigenvalue weighted by molar-refractivity contribution is 0.153. The topological polar surface area (TPSA) is 43.8 Å². The second kappa shape index (κ2) is 20.0. The number of carbonyl (C=O) groups is 1. The number of hydrogen-bond acceptors (Lipinski definition) is 2. The minimum atomic E-state index is 0.00464. The van der Waals surface area contributed by atoms with Crippen LogP contribution in [0, 0.1) is 0 Å². The first kappa shape index (κ1) is 26.2. The molecule has 2 amide bonds. The lowest BCUT2D eigenvalue weighted by Gasteiger charge is -2.25. The molecule has 0 bridgehead atoms. The summed E-state index contributed by atoms with van der Waals surface area (Å²) in [7, 11) is 3.53. The quantitative estimate of drug-likeness (QED) is 0.268. The van der Waals surface area contributed by atoms with Gasteiger partial charge in [0.05, 0.1) is 6.61 Å². The summed E-state index contributed by atoms with van der Waals surface area (Å²) in [6.07, 6.45) is 21.7. The molecule has 162 valence electrons. The number of rotatable bonds is 19. The summed E-state index contributed by atoms with van der Waals surface area (Å²) < 4.78 is 0. The third kappa shape index (κ3) is 17.1. The molecule has 0 rings (SSSR count). The molecule has 0 aliphatic carbocycles. The van der Waals surface area contributed by atoms with E-state index >= 15 is 0 Å². The molecule has 0 atom stereocenters.